The van der Waals surface area contributed by atoms with Gasteiger partial charge in [-0.15, -0.1) is 0 Å². The molecule has 1 amide bonds. The molecule has 0 bridgehead atoms. The fraction of sp³-hybridized carbons (Fsp3) is 0.600. The van der Waals surface area contributed by atoms with Crippen molar-refractivity contribution >= 4 is 46.4 Å². The summed E-state index contributed by atoms with van der Waals surface area (Å²) in [6.45, 7) is 12.9. The van der Waals surface area contributed by atoms with Gasteiger partial charge in [-0.1, -0.05) is 38.1 Å². The van der Waals surface area contributed by atoms with Crippen LogP contribution in [-0.2, 0) is 23.9 Å². The van der Waals surface area contributed by atoms with Crippen LogP contribution in [0.5, 0.6) is 0 Å². The average molecular weight is 565 g/mol. The van der Waals surface area contributed by atoms with Crippen LogP contribution in [0, 0.1) is 6.92 Å². The number of oxime groups is 1. The third-order valence-electron chi connectivity index (χ3n) is 7.28. The highest BCUT2D eigenvalue weighted by Gasteiger charge is 2.41. The summed E-state index contributed by atoms with van der Waals surface area (Å²) in [5.41, 5.74) is 0.512. The van der Waals surface area contributed by atoms with E-state index in [0.717, 1.165) is 24.4 Å². The van der Waals surface area contributed by atoms with Crippen molar-refractivity contribution in [1.29, 1.82) is 0 Å². The third-order valence-corrected chi connectivity index (χ3v) is 14.8. The number of carbonyl (C=O) groups is 1. The fourth-order valence-corrected chi connectivity index (χ4v) is 7.56. The summed E-state index contributed by atoms with van der Waals surface area (Å²) >= 11 is 1.08. The second-order valence-corrected chi connectivity index (χ2v) is 19.1. The number of aromatic nitrogens is 2. The zero-order valence-electron chi connectivity index (χ0n) is 22.3. The van der Waals surface area contributed by atoms with E-state index >= 15 is 0 Å². The van der Waals surface area contributed by atoms with E-state index in [-0.39, 0.29) is 33.1 Å². The Kier molecular flexibility index (Phi) is 7.94. The lowest BCUT2D eigenvalue weighted by atomic mass is 10.1. The zero-order valence-corrected chi connectivity index (χ0v) is 24.9. The van der Waals surface area contributed by atoms with Gasteiger partial charge >= 0.3 is 0 Å². The van der Waals surface area contributed by atoms with Gasteiger partial charge in [-0.25, -0.2) is 13.4 Å². The second kappa shape index (κ2) is 10.5. The van der Waals surface area contributed by atoms with Gasteiger partial charge in [0.05, 0.1) is 10.1 Å². The smallest absolute Gasteiger partial charge is 0.280 e. The molecule has 1 aromatic carbocycles. The molecule has 2 aliphatic carbocycles. The molecular weight excluding hydrogens is 529 g/mol. The summed E-state index contributed by atoms with van der Waals surface area (Å²) in [6.07, 6.45) is 3.69. The normalized spacial score (nSPS) is 21.2. The summed E-state index contributed by atoms with van der Waals surface area (Å²) in [5.74, 6) is 0.0597. The van der Waals surface area contributed by atoms with Gasteiger partial charge in [0, 0.05) is 29.6 Å². The first-order valence-electron chi connectivity index (χ1n) is 12.6. The average Bonchev–Trinajstić information content (AvgIpc) is 3.48. The highest BCUT2D eigenvalue weighted by molar-refractivity contribution is 7.92. The standard InChI is InChI=1S/C25H36N4O5S2Si/c1-16-26-24(35-29-16)27-23(30)22(17-7-11-20(12-8-17)36(31,32)21-13-14-21)28-33-18-9-10-19(15-18)34-37(5,6)25(2,3)4/h7-8,11-12,18-19,21H,9-10,13-15H2,1-6H3,(H,26,27,29,30)/t18-,19-/m1/s1. The van der Waals surface area contributed by atoms with Crippen molar-refractivity contribution in [2.75, 3.05) is 5.32 Å². The van der Waals surface area contributed by atoms with Crippen LogP contribution in [0.3, 0.4) is 0 Å². The lowest BCUT2D eigenvalue weighted by Gasteiger charge is -2.38. The molecular formula is C25H36N4O5S2Si. The Hall–Kier alpha value is -2.15. The number of amides is 1. The molecule has 1 N–H and O–H groups in total. The molecule has 1 heterocycles. The Morgan fingerprint density at radius 2 is 1.76 bits per heavy atom. The first-order valence-corrected chi connectivity index (χ1v) is 17.9. The van der Waals surface area contributed by atoms with Gasteiger partial charge in [0.2, 0.25) is 5.13 Å². The quantitative estimate of drug-likeness (QED) is 0.256. The minimum absolute atomic E-state index is 0.0528. The third kappa shape index (κ3) is 6.65. The fourth-order valence-electron chi connectivity index (χ4n) is 3.93. The first-order chi connectivity index (χ1) is 17.3. The van der Waals surface area contributed by atoms with E-state index in [1.54, 1.807) is 19.1 Å². The topological polar surface area (TPSA) is 120 Å². The predicted octanol–water partition coefficient (Wildman–Crippen LogP) is 5.08. The Bertz CT molecular complexity index is 1260. The van der Waals surface area contributed by atoms with Crippen molar-refractivity contribution in [2.45, 2.75) is 100 Å². The number of hydrogen-bond donors (Lipinski definition) is 1. The number of sulfone groups is 1. The van der Waals surface area contributed by atoms with Crippen molar-refractivity contribution in [3.63, 3.8) is 0 Å². The molecule has 0 spiro atoms. The van der Waals surface area contributed by atoms with E-state index < -0.39 is 24.1 Å². The number of aryl methyl sites for hydroxylation is 1. The number of nitrogens with zero attached hydrogens (tertiary/aromatic N) is 3. The molecule has 37 heavy (non-hydrogen) atoms. The maximum absolute atomic E-state index is 13.2. The maximum atomic E-state index is 13.2. The van der Waals surface area contributed by atoms with E-state index in [1.165, 1.54) is 12.1 Å². The van der Waals surface area contributed by atoms with E-state index in [1.807, 2.05) is 0 Å². The van der Waals surface area contributed by atoms with Gasteiger partial charge < -0.3 is 9.26 Å². The number of nitrogens with one attached hydrogen (secondary N) is 1. The second-order valence-electron chi connectivity index (χ2n) is 11.4. The molecule has 2 aliphatic rings. The number of carbonyl (C=O) groups excluding carboxylic acids is 1. The monoisotopic (exact) mass is 564 g/mol. The largest absolute Gasteiger partial charge is 0.414 e. The van der Waals surface area contributed by atoms with Crippen molar-refractivity contribution in [2.24, 2.45) is 5.16 Å². The molecule has 0 aliphatic heterocycles. The molecule has 4 rings (SSSR count). The van der Waals surface area contributed by atoms with Gasteiger partial charge in [-0.2, -0.15) is 4.37 Å². The van der Waals surface area contributed by atoms with E-state index in [9.17, 15) is 13.2 Å². The molecule has 0 unspecified atom stereocenters. The van der Waals surface area contributed by atoms with Crippen LogP contribution in [0.15, 0.2) is 34.3 Å². The molecule has 1 aromatic heterocycles. The minimum atomic E-state index is -3.33. The van der Waals surface area contributed by atoms with Crippen LogP contribution in [0.1, 0.15) is 64.3 Å². The summed E-state index contributed by atoms with van der Waals surface area (Å²) < 4.78 is 35.8. The van der Waals surface area contributed by atoms with E-state index in [2.05, 4.69) is 53.7 Å². The highest BCUT2D eigenvalue weighted by Crippen LogP contribution is 2.40. The number of anilines is 1. The molecule has 12 heteroatoms. The van der Waals surface area contributed by atoms with Crippen LogP contribution in [0.4, 0.5) is 5.13 Å². The highest BCUT2D eigenvalue weighted by atomic mass is 32.2. The van der Waals surface area contributed by atoms with Gasteiger partial charge in [-0.3, -0.25) is 10.1 Å². The van der Waals surface area contributed by atoms with Crippen molar-refractivity contribution in [3.8, 4) is 0 Å². The molecule has 2 saturated carbocycles. The van der Waals surface area contributed by atoms with E-state index in [4.69, 9.17) is 9.26 Å². The molecule has 2 fully saturated rings. The summed E-state index contributed by atoms with van der Waals surface area (Å²) in [5, 5.41) is 7.16. The van der Waals surface area contributed by atoms with Crippen LogP contribution >= 0.6 is 11.5 Å². The Balaban J connectivity index is 1.50. The van der Waals surface area contributed by atoms with Gasteiger partial charge in [0.1, 0.15) is 11.9 Å². The Labute approximate surface area is 224 Å². The lowest BCUT2D eigenvalue weighted by molar-refractivity contribution is -0.110. The molecule has 0 saturated heterocycles. The number of rotatable bonds is 9. The number of hydrogen-bond acceptors (Lipinski definition) is 9. The number of benzene rings is 1. The molecule has 0 radical (unpaired) electrons. The SMILES string of the molecule is Cc1nsc(NC(=O)C(=NO[C@@H]2CC[C@@H](O[Si](C)(C)C(C)(C)C)C2)c2ccc(S(=O)(=O)C3CC3)cc2)n1. The summed E-state index contributed by atoms with van der Waals surface area (Å²) in [7, 11) is -5.23. The van der Waals surface area contributed by atoms with Crippen LogP contribution in [0.25, 0.3) is 0 Å². The van der Waals surface area contributed by atoms with Crippen LogP contribution in [-0.4, -0.2) is 55.2 Å². The predicted molar refractivity (Wildman–Crippen MR) is 147 cm³/mol. The molecule has 202 valence electrons. The van der Waals surface area contributed by atoms with E-state index in [0.29, 0.717) is 35.8 Å². The maximum Gasteiger partial charge on any atom is 0.280 e. The first kappa shape index (κ1) is 27.9. The molecule has 2 aromatic rings. The summed E-state index contributed by atoms with van der Waals surface area (Å²) in [4.78, 5) is 23.5. The van der Waals surface area contributed by atoms with Gasteiger partial charge in [0.25, 0.3) is 5.91 Å². The summed E-state index contributed by atoms with van der Waals surface area (Å²) in [6, 6.07) is 6.25. The molecule has 2 atom stereocenters. The zero-order chi connectivity index (χ0) is 27.0. The Morgan fingerprint density at radius 1 is 1.11 bits per heavy atom. The van der Waals surface area contributed by atoms with Gasteiger partial charge in [-0.05, 0) is 62.9 Å². The van der Waals surface area contributed by atoms with Crippen molar-refractivity contribution < 1.29 is 22.5 Å². The van der Waals surface area contributed by atoms with Crippen molar-refractivity contribution in [1.82, 2.24) is 9.36 Å². The molecule has 9 nitrogen and oxygen atoms in total. The van der Waals surface area contributed by atoms with Gasteiger partial charge in [0.15, 0.2) is 23.9 Å². The van der Waals surface area contributed by atoms with Crippen LogP contribution < -0.4 is 5.32 Å². The Morgan fingerprint density at radius 3 is 2.32 bits per heavy atom. The van der Waals surface area contributed by atoms with Crippen LogP contribution in [0.2, 0.25) is 18.1 Å². The minimum Gasteiger partial charge on any atom is -0.414 e. The van der Waals surface area contributed by atoms with Crippen molar-refractivity contribution in [3.05, 3.63) is 35.7 Å². The lowest BCUT2D eigenvalue weighted by Crippen LogP contribution is -2.43.